The maximum atomic E-state index is 13.4. The zero-order chi connectivity index (χ0) is 15.2. The van der Waals surface area contributed by atoms with Crippen LogP contribution in [0.15, 0.2) is 48.5 Å². The first-order valence-corrected chi connectivity index (χ1v) is 6.55. The van der Waals surface area contributed by atoms with Gasteiger partial charge in [-0.2, -0.15) is 0 Å². The number of carbonyl (C=O) groups is 2. The van der Waals surface area contributed by atoms with Crippen LogP contribution in [-0.2, 0) is 11.2 Å². The Morgan fingerprint density at radius 2 is 1.71 bits per heavy atom. The van der Waals surface area contributed by atoms with E-state index in [-0.39, 0.29) is 24.6 Å². The van der Waals surface area contributed by atoms with Crippen molar-refractivity contribution in [2.45, 2.75) is 13.3 Å². The highest BCUT2D eigenvalue weighted by atomic mass is 19.1. The molecular weight excluding hydrogens is 271 g/mol. The molecule has 2 aromatic carbocycles. The van der Waals surface area contributed by atoms with E-state index in [9.17, 15) is 14.0 Å². The van der Waals surface area contributed by atoms with Crippen LogP contribution < -0.4 is 4.74 Å². The second-order valence-electron chi connectivity index (χ2n) is 4.68. The first kappa shape index (κ1) is 14.9. The van der Waals surface area contributed by atoms with E-state index in [1.807, 2.05) is 0 Å². The minimum atomic E-state index is -0.392. The van der Waals surface area contributed by atoms with Gasteiger partial charge in [0.05, 0.1) is 0 Å². The molecule has 0 amide bonds. The fourth-order valence-corrected chi connectivity index (χ4v) is 1.85. The normalized spacial score (nSPS) is 10.2. The van der Waals surface area contributed by atoms with Gasteiger partial charge in [-0.05, 0) is 42.8 Å². The van der Waals surface area contributed by atoms with Crippen molar-refractivity contribution in [1.29, 1.82) is 0 Å². The van der Waals surface area contributed by atoms with Crippen molar-refractivity contribution in [2.24, 2.45) is 0 Å². The third-order valence-electron chi connectivity index (χ3n) is 3.01. The van der Waals surface area contributed by atoms with Crippen molar-refractivity contribution in [3.05, 3.63) is 65.5 Å². The average molecular weight is 286 g/mol. The molecule has 0 aromatic heterocycles. The van der Waals surface area contributed by atoms with E-state index in [0.717, 1.165) is 0 Å². The molecule has 0 N–H and O–H groups in total. The quantitative estimate of drug-likeness (QED) is 0.766. The van der Waals surface area contributed by atoms with Crippen molar-refractivity contribution in [3.63, 3.8) is 0 Å². The van der Waals surface area contributed by atoms with E-state index in [2.05, 4.69) is 0 Å². The third kappa shape index (κ3) is 4.24. The molecule has 0 aliphatic rings. The Hall–Kier alpha value is -2.49. The average Bonchev–Trinajstić information content (AvgIpc) is 2.48. The first-order valence-electron chi connectivity index (χ1n) is 6.55. The maximum absolute atomic E-state index is 13.4. The summed E-state index contributed by atoms with van der Waals surface area (Å²) >= 11 is 0. The minimum absolute atomic E-state index is 0.00178. The molecule has 0 spiro atoms. The summed E-state index contributed by atoms with van der Waals surface area (Å²) in [7, 11) is 0. The number of hydrogen-bond donors (Lipinski definition) is 0. The minimum Gasteiger partial charge on any atom is -0.486 e. The summed E-state index contributed by atoms with van der Waals surface area (Å²) in [6, 6.07) is 12.7. The van der Waals surface area contributed by atoms with Crippen molar-refractivity contribution in [1.82, 2.24) is 0 Å². The van der Waals surface area contributed by atoms with Crippen molar-refractivity contribution < 1.29 is 18.7 Å². The zero-order valence-electron chi connectivity index (χ0n) is 11.6. The number of hydrogen-bond acceptors (Lipinski definition) is 3. The summed E-state index contributed by atoms with van der Waals surface area (Å²) in [5.41, 5.74) is 0.943. The predicted octanol–water partition coefficient (Wildman–Crippen LogP) is 3.22. The van der Waals surface area contributed by atoms with Crippen LogP contribution in [0.3, 0.4) is 0 Å². The Labute approximate surface area is 122 Å². The Kier molecular flexibility index (Phi) is 4.82. The largest absolute Gasteiger partial charge is 0.486 e. The van der Waals surface area contributed by atoms with Crippen LogP contribution in [0.4, 0.5) is 4.39 Å². The molecule has 0 radical (unpaired) electrons. The van der Waals surface area contributed by atoms with Gasteiger partial charge in [0, 0.05) is 12.0 Å². The van der Waals surface area contributed by atoms with Crippen LogP contribution in [0.5, 0.6) is 5.75 Å². The fourth-order valence-electron chi connectivity index (χ4n) is 1.85. The molecule has 2 aromatic rings. The number of Topliss-reactive ketones (excluding diaryl/α,β-unsaturated/α-hetero) is 2. The third-order valence-corrected chi connectivity index (χ3v) is 3.01. The van der Waals surface area contributed by atoms with E-state index in [1.165, 1.54) is 13.0 Å². The molecule has 3 nitrogen and oxygen atoms in total. The Bertz CT molecular complexity index is 647. The number of ketones is 2. The molecule has 0 unspecified atom stereocenters. The van der Waals surface area contributed by atoms with Gasteiger partial charge < -0.3 is 4.74 Å². The van der Waals surface area contributed by atoms with Crippen LogP contribution >= 0.6 is 0 Å². The van der Waals surface area contributed by atoms with Gasteiger partial charge in [-0.3, -0.25) is 9.59 Å². The molecule has 108 valence electrons. The zero-order valence-corrected chi connectivity index (χ0v) is 11.6. The van der Waals surface area contributed by atoms with Crippen LogP contribution in [0.25, 0.3) is 0 Å². The highest BCUT2D eigenvalue weighted by Gasteiger charge is 2.09. The van der Waals surface area contributed by atoms with E-state index < -0.39 is 5.82 Å². The smallest absolute Gasteiger partial charge is 0.174 e. The van der Waals surface area contributed by atoms with Crippen molar-refractivity contribution in [3.8, 4) is 5.75 Å². The van der Waals surface area contributed by atoms with Crippen molar-refractivity contribution >= 4 is 11.6 Å². The molecule has 0 saturated heterocycles. The van der Waals surface area contributed by atoms with E-state index in [1.54, 1.807) is 42.5 Å². The monoisotopic (exact) mass is 286 g/mol. The fraction of sp³-hybridized carbons (Fsp3) is 0.176. The molecule has 0 saturated carbocycles. The number of rotatable bonds is 6. The topological polar surface area (TPSA) is 43.4 Å². The predicted molar refractivity (Wildman–Crippen MR) is 77.1 cm³/mol. The van der Waals surface area contributed by atoms with Gasteiger partial charge >= 0.3 is 0 Å². The van der Waals surface area contributed by atoms with Crippen LogP contribution in [-0.4, -0.2) is 18.2 Å². The SMILES string of the molecule is CC(=O)c1ccc(OCC(=O)Cc2ccccc2F)cc1. The van der Waals surface area contributed by atoms with Gasteiger partial charge in [0.25, 0.3) is 0 Å². The summed E-state index contributed by atoms with van der Waals surface area (Å²) in [6.45, 7) is 1.35. The van der Waals surface area contributed by atoms with Gasteiger partial charge in [0.15, 0.2) is 11.6 Å². The van der Waals surface area contributed by atoms with E-state index in [0.29, 0.717) is 16.9 Å². The Morgan fingerprint density at radius 3 is 2.33 bits per heavy atom. The molecule has 4 heteroatoms. The van der Waals surface area contributed by atoms with E-state index >= 15 is 0 Å². The van der Waals surface area contributed by atoms with Gasteiger partial charge in [-0.1, -0.05) is 18.2 Å². The lowest BCUT2D eigenvalue weighted by Crippen LogP contribution is -2.14. The lowest BCUT2D eigenvalue weighted by molar-refractivity contribution is -0.120. The summed E-state index contributed by atoms with van der Waals surface area (Å²) < 4.78 is 18.7. The second kappa shape index (κ2) is 6.79. The number of ether oxygens (including phenoxy) is 1. The molecule has 2 rings (SSSR count). The van der Waals surface area contributed by atoms with Gasteiger partial charge in [0.1, 0.15) is 18.2 Å². The van der Waals surface area contributed by atoms with Gasteiger partial charge in [0.2, 0.25) is 0 Å². The molecule has 0 atom stereocenters. The van der Waals surface area contributed by atoms with Crippen LogP contribution in [0, 0.1) is 5.82 Å². The Balaban J connectivity index is 1.89. The highest BCUT2D eigenvalue weighted by molar-refractivity contribution is 5.94. The molecule has 0 fully saturated rings. The maximum Gasteiger partial charge on any atom is 0.174 e. The van der Waals surface area contributed by atoms with Crippen LogP contribution in [0.2, 0.25) is 0 Å². The molecule has 0 heterocycles. The molecular formula is C17H15FO3. The lowest BCUT2D eigenvalue weighted by atomic mass is 10.1. The number of halogens is 1. The molecule has 0 aliphatic carbocycles. The molecule has 21 heavy (non-hydrogen) atoms. The van der Waals surface area contributed by atoms with Gasteiger partial charge in [-0.15, -0.1) is 0 Å². The summed E-state index contributed by atoms with van der Waals surface area (Å²) in [5.74, 6) is -0.133. The molecule has 0 aliphatic heterocycles. The van der Waals surface area contributed by atoms with Crippen LogP contribution in [0.1, 0.15) is 22.8 Å². The summed E-state index contributed by atoms with van der Waals surface area (Å²) in [4.78, 5) is 22.9. The number of benzene rings is 2. The molecule has 0 bridgehead atoms. The lowest BCUT2D eigenvalue weighted by Gasteiger charge is -2.06. The highest BCUT2D eigenvalue weighted by Crippen LogP contribution is 2.13. The summed E-state index contributed by atoms with van der Waals surface area (Å²) in [6.07, 6.45) is -0.00178. The van der Waals surface area contributed by atoms with Crippen molar-refractivity contribution in [2.75, 3.05) is 6.61 Å². The van der Waals surface area contributed by atoms with Gasteiger partial charge in [-0.25, -0.2) is 4.39 Å². The summed E-state index contributed by atoms with van der Waals surface area (Å²) in [5, 5.41) is 0. The first-order chi connectivity index (χ1) is 10.1. The number of carbonyl (C=O) groups excluding carboxylic acids is 2. The Morgan fingerprint density at radius 1 is 1.05 bits per heavy atom. The second-order valence-corrected chi connectivity index (χ2v) is 4.68. The standard InChI is InChI=1S/C17H15FO3/c1-12(19)13-6-8-16(9-7-13)21-11-15(20)10-14-4-2-3-5-17(14)18/h2-9H,10-11H2,1H3. The van der Waals surface area contributed by atoms with E-state index in [4.69, 9.17) is 4.74 Å².